The first kappa shape index (κ1) is 25.2. The Labute approximate surface area is 185 Å². The van der Waals surface area contributed by atoms with Gasteiger partial charge in [-0.1, -0.05) is 13.3 Å². The molecule has 0 aromatic heterocycles. The van der Waals surface area contributed by atoms with Crippen molar-refractivity contribution >= 4 is 18.0 Å². The number of hydroxylamine groups is 3. The van der Waals surface area contributed by atoms with Crippen LogP contribution in [0.25, 0.3) is 0 Å². The Morgan fingerprint density at radius 2 is 1.90 bits per heavy atom. The Balaban J connectivity index is 1.82. The average Bonchev–Trinajstić information content (AvgIpc) is 3.16. The Morgan fingerprint density at radius 1 is 1.16 bits per heavy atom. The van der Waals surface area contributed by atoms with Crippen LogP contribution in [0.2, 0.25) is 0 Å². The number of nitrogens with one attached hydrogen (secondary N) is 1. The maximum absolute atomic E-state index is 12.7. The third-order valence-corrected chi connectivity index (χ3v) is 5.28. The molecule has 0 spiro atoms. The van der Waals surface area contributed by atoms with E-state index < -0.39 is 11.6 Å². The fourth-order valence-electron chi connectivity index (χ4n) is 3.68. The van der Waals surface area contributed by atoms with Crippen LogP contribution in [0.3, 0.4) is 0 Å². The molecule has 0 bridgehead atoms. The molecule has 2 heterocycles. The molecule has 2 atom stereocenters. The lowest BCUT2D eigenvalue weighted by Crippen LogP contribution is -2.59. The van der Waals surface area contributed by atoms with Gasteiger partial charge in [0.25, 0.3) is 5.91 Å². The third-order valence-electron chi connectivity index (χ3n) is 5.28. The van der Waals surface area contributed by atoms with E-state index in [9.17, 15) is 14.4 Å². The highest BCUT2D eigenvalue weighted by Crippen LogP contribution is 2.21. The van der Waals surface area contributed by atoms with E-state index in [1.165, 1.54) is 9.96 Å². The second-order valence-electron chi connectivity index (χ2n) is 8.91. The van der Waals surface area contributed by atoms with Crippen molar-refractivity contribution in [1.29, 1.82) is 0 Å². The summed E-state index contributed by atoms with van der Waals surface area (Å²) in [6, 6.07) is -1.08. The summed E-state index contributed by atoms with van der Waals surface area (Å²) < 4.78 is 5.44. The number of amides is 4. The van der Waals surface area contributed by atoms with E-state index in [0.29, 0.717) is 32.7 Å². The Bertz CT molecular complexity index is 623. The Hall–Kier alpha value is -2.07. The maximum atomic E-state index is 12.7. The minimum absolute atomic E-state index is 0.159. The molecule has 2 rings (SSSR count). The van der Waals surface area contributed by atoms with E-state index in [0.717, 1.165) is 25.7 Å². The molecule has 178 valence electrons. The highest BCUT2D eigenvalue weighted by Gasteiger charge is 2.38. The number of urea groups is 1. The van der Waals surface area contributed by atoms with Crippen molar-refractivity contribution in [2.75, 3.05) is 32.8 Å². The predicted octanol–water partition coefficient (Wildman–Crippen LogP) is 2.68. The number of rotatable bonds is 9. The van der Waals surface area contributed by atoms with Gasteiger partial charge >= 0.3 is 12.1 Å². The summed E-state index contributed by atoms with van der Waals surface area (Å²) in [5.41, 5.74) is 1.90. The van der Waals surface area contributed by atoms with Crippen LogP contribution in [-0.2, 0) is 19.2 Å². The number of nitrogens with zero attached hydrogens (tertiary/aromatic N) is 3. The van der Waals surface area contributed by atoms with Crippen molar-refractivity contribution < 1.29 is 28.8 Å². The summed E-state index contributed by atoms with van der Waals surface area (Å²) >= 11 is 0. The van der Waals surface area contributed by atoms with E-state index in [-0.39, 0.29) is 30.7 Å². The molecule has 10 heteroatoms. The summed E-state index contributed by atoms with van der Waals surface area (Å²) in [5, 5.41) is 1.33. The zero-order chi connectivity index (χ0) is 23.0. The molecule has 2 aliphatic heterocycles. The number of hydrogen-bond acceptors (Lipinski definition) is 6. The monoisotopic (exact) mass is 442 g/mol. The van der Waals surface area contributed by atoms with Crippen molar-refractivity contribution in [3.05, 3.63) is 0 Å². The number of unbranched alkanes of at least 4 members (excludes halogenated alkanes) is 1. The van der Waals surface area contributed by atoms with Crippen molar-refractivity contribution in [3.63, 3.8) is 0 Å². The van der Waals surface area contributed by atoms with E-state index in [2.05, 4.69) is 12.4 Å². The van der Waals surface area contributed by atoms with Crippen LogP contribution in [0.1, 0.15) is 66.7 Å². The molecule has 0 aromatic rings. The minimum Gasteiger partial charge on any atom is -0.444 e. The van der Waals surface area contributed by atoms with Gasteiger partial charge in [-0.2, -0.15) is 0 Å². The number of carbonyl (C=O) groups excluding carboxylic acids is 3. The normalized spacial score (nSPS) is 22.1. The maximum Gasteiger partial charge on any atom is 0.410 e. The second kappa shape index (κ2) is 11.5. The van der Waals surface area contributed by atoms with Gasteiger partial charge in [-0.3, -0.25) is 14.5 Å². The smallest absolute Gasteiger partial charge is 0.410 e. The second-order valence-corrected chi connectivity index (χ2v) is 8.91. The minimum atomic E-state index is -0.617. The van der Waals surface area contributed by atoms with Crippen LogP contribution in [0.5, 0.6) is 0 Å². The summed E-state index contributed by atoms with van der Waals surface area (Å²) in [5.74, 6) is -0.370. The molecule has 31 heavy (non-hydrogen) atoms. The fourth-order valence-corrected chi connectivity index (χ4v) is 3.68. The number of likely N-dealkylation sites (tertiary alicyclic amines) is 1. The third kappa shape index (κ3) is 7.24. The largest absolute Gasteiger partial charge is 0.444 e. The molecule has 4 amide bonds. The topological polar surface area (TPSA) is 101 Å². The van der Waals surface area contributed by atoms with Gasteiger partial charge in [0.05, 0.1) is 25.8 Å². The first-order valence-electron chi connectivity index (χ1n) is 11.3. The SMILES string of the molecule is CCCCON1CC[C@@H](C(=O)NOC[C@@H]2CCCN2C(=O)OC(C)(C)C)N(CC)C1=O. The highest BCUT2D eigenvalue weighted by atomic mass is 16.7. The zero-order valence-corrected chi connectivity index (χ0v) is 19.5. The molecule has 2 fully saturated rings. The molecular weight excluding hydrogens is 404 g/mol. The van der Waals surface area contributed by atoms with Gasteiger partial charge in [0.1, 0.15) is 11.6 Å². The van der Waals surface area contributed by atoms with Gasteiger partial charge in [0.15, 0.2) is 0 Å². The number of ether oxygens (including phenoxy) is 1. The van der Waals surface area contributed by atoms with Gasteiger partial charge in [-0.15, -0.1) is 0 Å². The van der Waals surface area contributed by atoms with Gasteiger partial charge < -0.3 is 14.5 Å². The number of hydrogen-bond donors (Lipinski definition) is 1. The Kier molecular flexibility index (Phi) is 9.36. The fraction of sp³-hybridized carbons (Fsp3) is 0.857. The molecule has 0 unspecified atom stereocenters. The van der Waals surface area contributed by atoms with Crippen molar-refractivity contribution in [2.45, 2.75) is 84.4 Å². The van der Waals surface area contributed by atoms with Gasteiger partial charge in [0.2, 0.25) is 0 Å². The molecule has 10 nitrogen and oxygen atoms in total. The van der Waals surface area contributed by atoms with Gasteiger partial charge in [-0.05, 0) is 53.4 Å². The van der Waals surface area contributed by atoms with Crippen LogP contribution in [0.4, 0.5) is 9.59 Å². The van der Waals surface area contributed by atoms with Crippen molar-refractivity contribution in [3.8, 4) is 0 Å². The molecule has 0 aliphatic carbocycles. The van der Waals surface area contributed by atoms with Gasteiger partial charge in [0, 0.05) is 13.1 Å². The van der Waals surface area contributed by atoms with E-state index in [4.69, 9.17) is 14.4 Å². The molecule has 0 radical (unpaired) electrons. The Morgan fingerprint density at radius 3 is 2.55 bits per heavy atom. The first-order chi connectivity index (χ1) is 14.7. The van der Waals surface area contributed by atoms with Crippen LogP contribution in [0.15, 0.2) is 0 Å². The quantitative estimate of drug-likeness (QED) is 0.435. The first-order valence-corrected chi connectivity index (χ1v) is 11.3. The molecular formula is C21H38N4O6. The molecule has 0 saturated carbocycles. The lowest BCUT2D eigenvalue weighted by Gasteiger charge is -2.39. The van der Waals surface area contributed by atoms with Gasteiger partial charge in [-0.25, -0.2) is 20.1 Å². The number of carbonyl (C=O) groups is 3. The van der Waals surface area contributed by atoms with Crippen LogP contribution >= 0.6 is 0 Å². The van der Waals surface area contributed by atoms with Crippen LogP contribution in [0, 0.1) is 0 Å². The summed E-state index contributed by atoms with van der Waals surface area (Å²) in [7, 11) is 0. The van der Waals surface area contributed by atoms with Crippen LogP contribution < -0.4 is 5.48 Å². The summed E-state index contributed by atoms with van der Waals surface area (Å²) in [4.78, 5) is 51.8. The standard InChI is InChI=1S/C21H38N4O6/c1-6-8-14-30-25-13-11-17(23(7-2)19(25)27)18(26)22-29-15-16-10-9-12-24(16)20(28)31-21(3,4)5/h16-17H,6-15H2,1-5H3,(H,22,26)/t16-,17-/m0/s1. The lowest BCUT2D eigenvalue weighted by molar-refractivity contribution is -0.157. The van der Waals surface area contributed by atoms with E-state index in [1.54, 1.807) is 4.90 Å². The summed E-state index contributed by atoms with van der Waals surface area (Å²) in [6.45, 7) is 11.4. The average molecular weight is 443 g/mol. The highest BCUT2D eigenvalue weighted by molar-refractivity contribution is 5.87. The van der Waals surface area contributed by atoms with Crippen LogP contribution in [-0.4, -0.2) is 83.4 Å². The predicted molar refractivity (Wildman–Crippen MR) is 114 cm³/mol. The lowest BCUT2D eigenvalue weighted by atomic mass is 10.1. The molecule has 2 saturated heterocycles. The van der Waals surface area contributed by atoms with E-state index in [1.807, 2.05) is 27.7 Å². The summed E-state index contributed by atoms with van der Waals surface area (Å²) in [6.07, 6.45) is 3.57. The molecule has 0 aromatic carbocycles. The molecule has 2 aliphatic rings. The van der Waals surface area contributed by atoms with Crippen molar-refractivity contribution in [1.82, 2.24) is 20.3 Å². The number of likely N-dealkylation sites (N-methyl/N-ethyl adjacent to an activating group) is 1. The molecule has 1 N–H and O–H groups in total. The van der Waals surface area contributed by atoms with E-state index >= 15 is 0 Å². The van der Waals surface area contributed by atoms with Crippen molar-refractivity contribution in [2.24, 2.45) is 0 Å². The zero-order valence-electron chi connectivity index (χ0n) is 19.5.